The Kier molecular flexibility index (Phi) is 4.39. The molecule has 1 aliphatic heterocycles. The van der Waals surface area contributed by atoms with Crippen LogP contribution in [0.1, 0.15) is 29.7 Å². The lowest BCUT2D eigenvalue weighted by atomic mass is 9.97. The number of quaternary nitrogens is 1. The molecule has 0 saturated carbocycles. The first kappa shape index (κ1) is 17.0. The summed E-state index contributed by atoms with van der Waals surface area (Å²) in [5.74, 6) is 0. The van der Waals surface area contributed by atoms with Gasteiger partial charge < -0.3 is 9.59 Å². The van der Waals surface area contributed by atoms with Gasteiger partial charge in [0.25, 0.3) is 0 Å². The van der Waals surface area contributed by atoms with E-state index < -0.39 is 6.10 Å². The van der Waals surface area contributed by atoms with Crippen LogP contribution in [0.15, 0.2) is 78.9 Å². The molecule has 0 fully saturated rings. The molecule has 1 heterocycles. The fraction of sp³-hybridized carbons (Fsp3) is 0.250. The maximum absolute atomic E-state index is 11.1. The molecule has 0 aliphatic carbocycles. The van der Waals surface area contributed by atoms with Crippen molar-refractivity contribution < 1.29 is 9.59 Å². The molecule has 0 radical (unpaired) electrons. The van der Waals surface area contributed by atoms with E-state index >= 15 is 0 Å². The van der Waals surface area contributed by atoms with Crippen LogP contribution >= 0.6 is 0 Å². The van der Waals surface area contributed by atoms with Gasteiger partial charge in [-0.25, -0.2) is 0 Å². The molecule has 132 valence electrons. The number of fused-ring (bicyclic) bond motifs is 3. The fourth-order valence-electron chi connectivity index (χ4n) is 4.23. The van der Waals surface area contributed by atoms with Gasteiger partial charge in [-0.3, -0.25) is 0 Å². The molecule has 0 spiro atoms. The summed E-state index contributed by atoms with van der Waals surface area (Å²) in [4.78, 5) is 0. The maximum atomic E-state index is 11.1. The SMILES string of the molecule is C[C@@H]([C@@H](O)c1ccccc1)[N+]1(C)Cc2ccccc2-c2ccccc2C1. The predicted octanol–water partition coefficient (Wildman–Crippen LogP) is 4.94. The van der Waals surface area contributed by atoms with E-state index in [-0.39, 0.29) is 6.04 Å². The van der Waals surface area contributed by atoms with Crippen molar-refractivity contribution in [2.24, 2.45) is 0 Å². The average molecular weight is 344 g/mol. The Hall–Kier alpha value is -2.42. The molecule has 0 saturated heterocycles. The Morgan fingerprint density at radius 3 is 1.73 bits per heavy atom. The van der Waals surface area contributed by atoms with E-state index in [9.17, 15) is 5.11 Å². The summed E-state index contributed by atoms with van der Waals surface area (Å²) < 4.78 is 0.782. The van der Waals surface area contributed by atoms with Crippen LogP contribution in [-0.2, 0) is 13.1 Å². The van der Waals surface area contributed by atoms with Crippen LogP contribution in [0, 0.1) is 0 Å². The van der Waals surface area contributed by atoms with Crippen LogP contribution < -0.4 is 0 Å². The van der Waals surface area contributed by atoms with E-state index in [2.05, 4.69) is 62.5 Å². The van der Waals surface area contributed by atoms with Gasteiger partial charge >= 0.3 is 0 Å². The zero-order valence-electron chi connectivity index (χ0n) is 15.5. The lowest BCUT2D eigenvalue weighted by Gasteiger charge is -2.41. The number of aliphatic hydroxyl groups excluding tert-OH is 1. The number of rotatable bonds is 3. The van der Waals surface area contributed by atoms with Gasteiger partial charge in [0.05, 0.1) is 7.05 Å². The van der Waals surface area contributed by atoms with Gasteiger partial charge in [-0.15, -0.1) is 0 Å². The number of benzene rings is 3. The highest BCUT2D eigenvalue weighted by Gasteiger charge is 2.38. The van der Waals surface area contributed by atoms with Gasteiger partial charge in [0.1, 0.15) is 25.2 Å². The predicted molar refractivity (Wildman–Crippen MR) is 106 cm³/mol. The van der Waals surface area contributed by atoms with Gasteiger partial charge in [0, 0.05) is 11.1 Å². The summed E-state index contributed by atoms with van der Waals surface area (Å²) in [6.45, 7) is 4.00. The second-order valence-electron chi connectivity index (χ2n) is 7.71. The minimum absolute atomic E-state index is 0.0802. The Labute approximate surface area is 155 Å². The lowest BCUT2D eigenvalue weighted by Crippen LogP contribution is -2.51. The highest BCUT2D eigenvalue weighted by molar-refractivity contribution is 5.71. The Bertz CT molecular complexity index is 855. The molecular weight excluding hydrogens is 318 g/mol. The molecule has 0 bridgehead atoms. The van der Waals surface area contributed by atoms with E-state index in [4.69, 9.17) is 0 Å². The standard InChI is InChI=1S/C24H26NO/c1-18(24(26)19-10-4-3-5-11-19)25(2)16-20-12-6-8-14-22(20)23-15-9-7-13-21(23)17-25/h3-15,18,24,26H,16-17H2,1-2H3/q+1/t18-,24+/m0/s1. The van der Waals surface area contributed by atoms with Crippen LogP contribution in [0.5, 0.6) is 0 Å². The monoisotopic (exact) mass is 344 g/mol. The molecular formula is C24H26NO+. The first-order chi connectivity index (χ1) is 12.6. The molecule has 3 aromatic rings. The summed E-state index contributed by atoms with van der Waals surface area (Å²) >= 11 is 0. The molecule has 1 N–H and O–H groups in total. The van der Waals surface area contributed by atoms with Crippen molar-refractivity contribution in [1.82, 2.24) is 0 Å². The van der Waals surface area contributed by atoms with E-state index in [1.165, 1.54) is 22.3 Å². The fourth-order valence-corrected chi connectivity index (χ4v) is 4.23. The molecule has 1 aliphatic rings. The molecule has 3 aromatic carbocycles. The molecule has 2 atom stereocenters. The summed E-state index contributed by atoms with van der Waals surface area (Å²) in [7, 11) is 2.27. The number of hydrogen-bond donors (Lipinski definition) is 1. The third-order valence-corrected chi connectivity index (χ3v) is 5.97. The van der Waals surface area contributed by atoms with E-state index in [1.54, 1.807) is 0 Å². The van der Waals surface area contributed by atoms with Crippen molar-refractivity contribution in [3.63, 3.8) is 0 Å². The van der Waals surface area contributed by atoms with Crippen LogP contribution in [-0.4, -0.2) is 22.7 Å². The Morgan fingerprint density at radius 2 is 1.19 bits per heavy atom. The third kappa shape index (κ3) is 2.96. The van der Waals surface area contributed by atoms with E-state index in [0.717, 1.165) is 23.1 Å². The van der Waals surface area contributed by atoms with Crippen molar-refractivity contribution >= 4 is 0 Å². The highest BCUT2D eigenvalue weighted by atomic mass is 16.3. The molecule has 4 rings (SSSR count). The number of nitrogens with zero attached hydrogens (tertiary/aromatic N) is 1. The summed E-state index contributed by atoms with van der Waals surface area (Å²) in [5.41, 5.74) is 6.35. The van der Waals surface area contributed by atoms with Crippen LogP contribution in [0.2, 0.25) is 0 Å². The molecule has 2 nitrogen and oxygen atoms in total. The van der Waals surface area contributed by atoms with Gasteiger partial charge in [0.2, 0.25) is 0 Å². The van der Waals surface area contributed by atoms with Crippen LogP contribution in [0.3, 0.4) is 0 Å². The average Bonchev–Trinajstić information content (AvgIpc) is 2.81. The lowest BCUT2D eigenvalue weighted by molar-refractivity contribution is -0.960. The molecule has 0 aromatic heterocycles. The summed E-state index contributed by atoms with van der Waals surface area (Å²) in [6.07, 6.45) is -0.487. The number of aliphatic hydroxyl groups is 1. The van der Waals surface area contributed by atoms with Gasteiger partial charge in [-0.05, 0) is 23.6 Å². The minimum Gasteiger partial charge on any atom is -0.382 e. The highest BCUT2D eigenvalue weighted by Crippen LogP contribution is 2.38. The van der Waals surface area contributed by atoms with Crippen LogP contribution in [0.4, 0.5) is 0 Å². The molecule has 2 heteroatoms. The van der Waals surface area contributed by atoms with Crippen molar-refractivity contribution in [2.45, 2.75) is 32.2 Å². The van der Waals surface area contributed by atoms with Crippen molar-refractivity contribution in [2.75, 3.05) is 7.05 Å². The van der Waals surface area contributed by atoms with Crippen molar-refractivity contribution in [1.29, 1.82) is 0 Å². The molecule has 0 amide bonds. The van der Waals surface area contributed by atoms with Crippen molar-refractivity contribution in [3.8, 4) is 11.1 Å². The first-order valence-corrected chi connectivity index (χ1v) is 9.32. The first-order valence-electron chi connectivity index (χ1n) is 9.32. The third-order valence-electron chi connectivity index (χ3n) is 5.97. The Morgan fingerprint density at radius 1 is 0.731 bits per heavy atom. The topological polar surface area (TPSA) is 20.2 Å². The largest absolute Gasteiger partial charge is 0.382 e. The second-order valence-corrected chi connectivity index (χ2v) is 7.71. The molecule has 26 heavy (non-hydrogen) atoms. The number of likely N-dealkylation sites (N-methyl/N-ethyl adjacent to an activating group) is 1. The summed E-state index contributed by atoms with van der Waals surface area (Å²) in [6, 6.07) is 27.5. The van der Waals surface area contributed by atoms with Gasteiger partial charge in [0.15, 0.2) is 0 Å². The van der Waals surface area contributed by atoms with Crippen molar-refractivity contribution in [3.05, 3.63) is 95.6 Å². The summed E-state index contributed by atoms with van der Waals surface area (Å²) in [5, 5.41) is 11.1. The van der Waals surface area contributed by atoms with Gasteiger partial charge in [-0.1, -0.05) is 78.9 Å². The minimum atomic E-state index is -0.487. The number of hydrogen-bond acceptors (Lipinski definition) is 1. The smallest absolute Gasteiger partial charge is 0.130 e. The quantitative estimate of drug-likeness (QED) is 0.668. The zero-order chi connectivity index (χ0) is 18.1. The van der Waals surface area contributed by atoms with Crippen LogP contribution in [0.25, 0.3) is 11.1 Å². The molecule has 0 unspecified atom stereocenters. The normalized spacial score (nSPS) is 17.5. The van der Waals surface area contributed by atoms with E-state index in [0.29, 0.717) is 0 Å². The van der Waals surface area contributed by atoms with E-state index in [1.807, 2.05) is 30.3 Å². The zero-order valence-corrected chi connectivity index (χ0v) is 15.5. The second kappa shape index (κ2) is 6.71. The maximum Gasteiger partial charge on any atom is 0.130 e. The van der Waals surface area contributed by atoms with Gasteiger partial charge in [-0.2, -0.15) is 0 Å². The Balaban J connectivity index is 1.77.